The highest BCUT2D eigenvalue weighted by atomic mass is 32.1. The Labute approximate surface area is 113 Å². The summed E-state index contributed by atoms with van der Waals surface area (Å²) in [7, 11) is 0. The molecule has 17 heavy (non-hydrogen) atoms. The fraction of sp³-hybridized carbons (Fsp3) is 1.00. The lowest BCUT2D eigenvalue weighted by Gasteiger charge is -2.38. The van der Waals surface area contributed by atoms with E-state index < -0.39 is 0 Å². The second kappa shape index (κ2) is 6.47. The maximum atomic E-state index is 6.23. The number of hydrogen-bond donors (Lipinski definition) is 1. The second-order valence-corrected chi connectivity index (χ2v) is 7.31. The largest absolute Gasteiger partial charge is 0.377 e. The minimum atomic E-state index is 0.200. The zero-order chi connectivity index (χ0) is 13.1. The van der Waals surface area contributed by atoms with Crippen LogP contribution in [0.3, 0.4) is 0 Å². The van der Waals surface area contributed by atoms with E-state index in [1.165, 1.54) is 19.3 Å². The van der Waals surface area contributed by atoms with Gasteiger partial charge in [-0.05, 0) is 41.8 Å². The predicted molar refractivity (Wildman–Crippen MR) is 78.7 cm³/mol. The molecule has 0 aliphatic heterocycles. The van der Waals surface area contributed by atoms with E-state index in [0.717, 1.165) is 30.1 Å². The molecule has 0 spiro atoms. The van der Waals surface area contributed by atoms with Crippen molar-refractivity contribution >= 4 is 12.6 Å². The lowest BCUT2D eigenvalue weighted by atomic mass is 9.75. The van der Waals surface area contributed by atoms with Gasteiger partial charge in [0.05, 0.1) is 12.7 Å². The normalized spacial score (nSPS) is 30.9. The monoisotopic (exact) mass is 258 g/mol. The molecule has 1 aliphatic carbocycles. The summed E-state index contributed by atoms with van der Waals surface area (Å²) in [6.45, 7) is 12.3. The van der Waals surface area contributed by atoms with Crippen LogP contribution in [-0.4, -0.2) is 18.5 Å². The van der Waals surface area contributed by atoms with Crippen LogP contribution in [0.4, 0.5) is 0 Å². The van der Waals surface area contributed by atoms with Crippen molar-refractivity contribution in [1.82, 2.24) is 0 Å². The van der Waals surface area contributed by atoms with E-state index in [0.29, 0.717) is 6.10 Å². The summed E-state index contributed by atoms with van der Waals surface area (Å²) >= 11 is 4.40. The Balaban J connectivity index is 2.52. The quantitative estimate of drug-likeness (QED) is 0.718. The molecule has 0 bridgehead atoms. The maximum absolute atomic E-state index is 6.23. The Morgan fingerprint density at radius 1 is 1.29 bits per heavy atom. The molecule has 0 radical (unpaired) electrons. The molecule has 3 atom stereocenters. The first kappa shape index (κ1) is 15.4. The van der Waals surface area contributed by atoms with E-state index in [1.54, 1.807) is 0 Å². The van der Waals surface area contributed by atoms with Gasteiger partial charge in [0.1, 0.15) is 0 Å². The predicted octanol–water partition coefficient (Wildman–Crippen LogP) is 4.42. The Hall–Kier alpha value is 0.310. The van der Waals surface area contributed by atoms with Gasteiger partial charge in [-0.3, -0.25) is 0 Å². The molecule has 0 aromatic heterocycles. The van der Waals surface area contributed by atoms with Crippen LogP contribution in [0.5, 0.6) is 0 Å². The van der Waals surface area contributed by atoms with Gasteiger partial charge in [-0.2, -0.15) is 12.6 Å². The van der Waals surface area contributed by atoms with Crippen LogP contribution in [0.1, 0.15) is 53.9 Å². The molecule has 0 N–H and O–H groups in total. The summed E-state index contributed by atoms with van der Waals surface area (Å²) in [6, 6.07) is 0. The summed E-state index contributed by atoms with van der Waals surface area (Å²) in [5, 5.41) is 0. The second-order valence-electron chi connectivity index (χ2n) is 7.00. The third kappa shape index (κ3) is 4.82. The molecule has 1 rings (SSSR count). The van der Waals surface area contributed by atoms with Crippen molar-refractivity contribution in [2.75, 3.05) is 12.4 Å². The standard InChI is InChI=1S/C15H30OS/c1-11(2)13-7-6-12(3)8-14(13)16-9-15(4,5)10-17/h11-14,17H,6-10H2,1-5H3. The molecule has 1 saturated carbocycles. The van der Waals surface area contributed by atoms with Crippen LogP contribution < -0.4 is 0 Å². The number of ether oxygens (including phenoxy) is 1. The fourth-order valence-electron chi connectivity index (χ4n) is 2.68. The third-order valence-electron chi connectivity index (χ3n) is 4.08. The molecule has 0 amide bonds. The minimum Gasteiger partial charge on any atom is -0.377 e. The third-order valence-corrected chi connectivity index (χ3v) is 4.93. The van der Waals surface area contributed by atoms with Gasteiger partial charge in [-0.1, -0.05) is 41.0 Å². The number of thiol groups is 1. The average Bonchev–Trinajstić information content (AvgIpc) is 2.26. The molecular formula is C15H30OS. The molecule has 0 aromatic carbocycles. The highest BCUT2D eigenvalue weighted by molar-refractivity contribution is 7.80. The van der Waals surface area contributed by atoms with E-state index in [2.05, 4.69) is 47.2 Å². The van der Waals surface area contributed by atoms with Gasteiger partial charge in [0.2, 0.25) is 0 Å². The topological polar surface area (TPSA) is 9.23 Å². The Morgan fingerprint density at radius 2 is 1.94 bits per heavy atom. The van der Waals surface area contributed by atoms with Crippen molar-refractivity contribution in [3.63, 3.8) is 0 Å². The average molecular weight is 258 g/mol. The van der Waals surface area contributed by atoms with Crippen molar-refractivity contribution < 1.29 is 4.74 Å². The summed E-state index contributed by atoms with van der Waals surface area (Å²) in [5.41, 5.74) is 0.200. The highest BCUT2D eigenvalue weighted by Crippen LogP contribution is 2.36. The van der Waals surface area contributed by atoms with Crippen molar-refractivity contribution in [3.05, 3.63) is 0 Å². The van der Waals surface area contributed by atoms with E-state index in [-0.39, 0.29) is 5.41 Å². The van der Waals surface area contributed by atoms with Crippen molar-refractivity contribution in [2.24, 2.45) is 23.2 Å². The molecule has 0 aromatic rings. The summed E-state index contributed by atoms with van der Waals surface area (Å²) in [4.78, 5) is 0. The van der Waals surface area contributed by atoms with Gasteiger partial charge in [0.25, 0.3) is 0 Å². The summed E-state index contributed by atoms with van der Waals surface area (Å²) in [5.74, 6) is 3.21. The summed E-state index contributed by atoms with van der Waals surface area (Å²) in [6.07, 6.45) is 4.42. The zero-order valence-electron chi connectivity index (χ0n) is 12.2. The molecular weight excluding hydrogens is 228 g/mol. The van der Waals surface area contributed by atoms with Crippen LogP contribution >= 0.6 is 12.6 Å². The van der Waals surface area contributed by atoms with Crippen molar-refractivity contribution in [2.45, 2.75) is 60.0 Å². The molecule has 0 heterocycles. The van der Waals surface area contributed by atoms with Gasteiger partial charge in [-0.25, -0.2) is 0 Å². The molecule has 3 unspecified atom stereocenters. The van der Waals surface area contributed by atoms with E-state index in [9.17, 15) is 0 Å². The van der Waals surface area contributed by atoms with Gasteiger partial charge >= 0.3 is 0 Å². The van der Waals surface area contributed by atoms with Gasteiger partial charge in [0, 0.05) is 0 Å². The molecule has 1 fully saturated rings. The van der Waals surface area contributed by atoms with Gasteiger partial charge in [-0.15, -0.1) is 0 Å². The van der Waals surface area contributed by atoms with Crippen LogP contribution in [0.2, 0.25) is 0 Å². The Bertz CT molecular complexity index is 225. The SMILES string of the molecule is CC1CCC(C(C)C)C(OCC(C)(C)CS)C1. The lowest BCUT2D eigenvalue weighted by Crippen LogP contribution is -2.37. The fourth-order valence-corrected chi connectivity index (χ4v) is 2.78. The van der Waals surface area contributed by atoms with Crippen molar-refractivity contribution in [1.29, 1.82) is 0 Å². The van der Waals surface area contributed by atoms with Crippen LogP contribution in [-0.2, 0) is 4.74 Å². The highest BCUT2D eigenvalue weighted by Gasteiger charge is 2.32. The Morgan fingerprint density at radius 3 is 2.47 bits per heavy atom. The number of hydrogen-bond acceptors (Lipinski definition) is 2. The van der Waals surface area contributed by atoms with Crippen LogP contribution in [0, 0.1) is 23.2 Å². The maximum Gasteiger partial charge on any atom is 0.0608 e. The molecule has 2 heteroatoms. The molecule has 1 nitrogen and oxygen atoms in total. The lowest BCUT2D eigenvalue weighted by molar-refractivity contribution is -0.0618. The molecule has 1 aliphatic rings. The first-order valence-corrected chi connectivity index (χ1v) is 7.71. The number of rotatable bonds is 5. The first-order valence-electron chi connectivity index (χ1n) is 7.08. The van der Waals surface area contributed by atoms with E-state index in [4.69, 9.17) is 4.74 Å². The van der Waals surface area contributed by atoms with Crippen LogP contribution in [0.25, 0.3) is 0 Å². The first-order chi connectivity index (χ1) is 7.85. The minimum absolute atomic E-state index is 0.200. The Kier molecular flexibility index (Phi) is 5.85. The van der Waals surface area contributed by atoms with Crippen molar-refractivity contribution in [3.8, 4) is 0 Å². The van der Waals surface area contributed by atoms with E-state index in [1.807, 2.05) is 0 Å². The smallest absolute Gasteiger partial charge is 0.0608 e. The zero-order valence-corrected chi connectivity index (χ0v) is 13.1. The van der Waals surface area contributed by atoms with Gasteiger partial charge < -0.3 is 4.74 Å². The molecule has 102 valence electrons. The van der Waals surface area contributed by atoms with Gasteiger partial charge in [0.15, 0.2) is 0 Å². The summed E-state index contributed by atoms with van der Waals surface area (Å²) < 4.78 is 6.23. The molecule has 0 saturated heterocycles. The van der Waals surface area contributed by atoms with Crippen LogP contribution in [0.15, 0.2) is 0 Å². The van der Waals surface area contributed by atoms with E-state index >= 15 is 0 Å².